The lowest BCUT2D eigenvalue weighted by Gasteiger charge is -2.07. The number of anilines is 1. The van der Waals surface area contributed by atoms with E-state index in [0.717, 1.165) is 5.56 Å². The SMILES string of the molecule is O=c1c(Cc2cccc(Cl)c2)cc([N+](=O)[O-])c2n1CCN2. The summed E-state index contributed by atoms with van der Waals surface area (Å²) in [4.78, 5) is 23.1. The molecule has 1 aromatic heterocycles. The van der Waals surface area contributed by atoms with Gasteiger partial charge in [-0.25, -0.2) is 0 Å². The molecule has 0 bridgehead atoms. The molecule has 0 unspecified atom stereocenters. The first-order chi connectivity index (χ1) is 10.1. The zero-order chi connectivity index (χ0) is 15.0. The van der Waals surface area contributed by atoms with Crippen molar-refractivity contribution in [1.29, 1.82) is 0 Å². The maximum absolute atomic E-state index is 12.4. The number of nitrogens with one attached hydrogen (secondary N) is 1. The molecule has 0 fully saturated rings. The summed E-state index contributed by atoms with van der Waals surface area (Å²) in [6, 6.07) is 8.48. The van der Waals surface area contributed by atoms with Gasteiger partial charge in [0.15, 0.2) is 5.82 Å². The number of pyridine rings is 1. The molecule has 1 N–H and O–H groups in total. The topological polar surface area (TPSA) is 77.2 Å². The Bertz CT molecular complexity index is 786. The Kier molecular flexibility index (Phi) is 3.39. The Morgan fingerprint density at radius 2 is 2.19 bits per heavy atom. The quantitative estimate of drug-likeness (QED) is 0.698. The largest absolute Gasteiger partial charge is 0.364 e. The highest BCUT2D eigenvalue weighted by Gasteiger charge is 2.25. The summed E-state index contributed by atoms with van der Waals surface area (Å²) >= 11 is 5.92. The summed E-state index contributed by atoms with van der Waals surface area (Å²) in [5.74, 6) is 0.292. The van der Waals surface area contributed by atoms with Crippen molar-refractivity contribution < 1.29 is 4.92 Å². The van der Waals surface area contributed by atoms with E-state index in [-0.39, 0.29) is 11.2 Å². The van der Waals surface area contributed by atoms with E-state index >= 15 is 0 Å². The van der Waals surface area contributed by atoms with Gasteiger partial charge < -0.3 is 5.32 Å². The van der Waals surface area contributed by atoms with E-state index in [2.05, 4.69) is 5.32 Å². The molecule has 0 amide bonds. The van der Waals surface area contributed by atoms with E-state index in [9.17, 15) is 14.9 Å². The van der Waals surface area contributed by atoms with Gasteiger partial charge in [0.05, 0.1) is 4.92 Å². The molecule has 0 spiro atoms. The first-order valence-electron chi connectivity index (χ1n) is 6.45. The van der Waals surface area contributed by atoms with E-state index in [0.29, 0.717) is 35.9 Å². The van der Waals surface area contributed by atoms with Gasteiger partial charge in [-0.2, -0.15) is 0 Å². The van der Waals surface area contributed by atoms with Crippen LogP contribution in [0.25, 0.3) is 0 Å². The van der Waals surface area contributed by atoms with Crippen molar-refractivity contribution >= 4 is 23.1 Å². The minimum Gasteiger partial charge on any atom is -0.364 e. The van der Waals surface area contributed by atoms with Gasteiger partial charge in [0, 0.05) is 36.2 Å². The molecule has 0 radical (unpaired) electrons. The predicted molar refractivity (Wildman–Crippen MR) is 80.1 cm³/mol. The van der Waals surface area contributed by atoms with Crippen LogP contribution < -0.4 is 10.9 Å². The molecule has 1 aromatic carbocycles. The lowest BCUT2D eigenvalue weighted by atomic mass is 10.1. The van der Waals surface area contributed by atoms with Crippen LogP contribution in [0.15, 0.2) is 35.1 Å². The standard InChI is InChI=1S/C14H12ClN3O3/c15-11-3-1-2-9(7-11)6-10-8-12(18(20)21)13-16-4-5-17(13)14(10)19/h1-3,7-8,16H,4-6H2. The van der Waals surface area contributed by atoms with Crippen LogP contribution in [-0.2, 0) is 13.0 Å². The van der Waals surface area contributed by atoms with E-state index in [1.165, 1.54) is 10.6 Å². The van der Waals surface area contributed by atoms with E-state index in [1.54, 1.807) is 18.2 Å². The normalized spacial score (nSPS) is 12.8. The average Bonchev–Trinajstić information content (AvgIpc) is 2.91. The Balaban J connectivity index is 2.09. The number of halogens is 1. The van der Waals surface area contributed by atoms with Crippen molar-refractivity contribution in [2.24, 2.45) is 0 Å². The van der Waals surface area contributed by atoms with Crippen LogP contribution >= 0.6 is 11.6 Å². The second-order valence-electron chi connectivity index (χ2n) is 4.85. The average molecular weight is 306 g/mol. The zero-order valence-corrected chi connectivity index (χ0v) is 11.8. The molecule has 2 heterocycles. The Hall–Kier alpha value is -2.34. The molecule has 7 heteroatoms. The highest BCUT2D eigenvalue weighted by Crippen LogP contribution is 2.27. The number of benzene rings is 1. The third-order valence-corrected chi connectivity index (χ3v) is 3.69. The first kappa shape index (κ1) is 13.6. The van der Waals surface area contributed by atoms with Crippen molar-refractivity contribution in [2.75, 3.05) is 11.9 Å². The monoisotopic (exact) mass is 305 g/mol. The van der Waals surface area contributed by atoms with Crippen LogP contribution in [-0.4, -0.2) is 16.0 Å². The van der Waals surface area contributed by atoms with Gasteiger partial charge in [-0.15, -0.1) is 0 Å². The molecular formula is C14H12ClN3O3. The molecule has 1 aliphatic heterocycles. The van der Waals surface area contributed by atoms with Crippen LogP contribution in [0.4, 0.5) is 11.5 Å². The Morgan fingerprint density at radius 3 is 2.90 bits per heavy atom. The first-order valence-corrected chi connectivity index (χ1v) is 6.83. The van der Waals surface area contributed by atoms with Crippen LogP contribution in [0, 0.1) is 10.1 Å². The molecule has 3 rings (SSSR count). The highest BCUT2D eigenvalue weighted by molar-refractivity contribution is 6.30. The Labute approximate surface area is 125 Å². The zero-order valence-electron chi connectivity index (χ0n) is 11.0. The third-order valence-electron chi connectivity index (χ3n) is 3.45. The molecule has 2 aromatic rings. The second kappa shape index (κ2) is 5.21. The molecule has 0 atom stereocenters. The number of aromatic nitrogens is 1. The van der Waals surface area contributed by atoms with Crippen molar-refractivity contribution in [2.45, 2.75) is 13.0 Å². The number of hydrogen-bond donors (Lipinski definition) is 1. The smallest absolute Gasteiger partial charge is 0.310 e. The van der Waals surface area contributed by atoms with Crippen molar-refractivity contribution in [1.82, 2.24) is 4.57 Å². The summed E-state index contributed by atoms with van der Waals surface area (Å²) in [5.41, 5.74) is 0.988. The maximum Gasteiger partial charge on any atom is 0.310 e. The van der Waals surface area contributed by atoms with Gasteiger partial charge in [-0.05, 0) is 17.7 Å². The van der Waals surface area contributed by atoms with Gasteiger partial charge in [-0.1, -0.05) is 23.7 Å². The lowest BCUT2D eigenvalue weighted by Crippen LogP contribution is -2.23. The third kappa shape index (κ3) is 2.50. The van der Waals surface area contributed by atoms with Gasteiger partial charge >= 0.3 is 5.69 Å². The van der Waals surface area contributed by atoms with Crippen molar-refractivity contribution in [3.8, 4) is 0 Å². The fraction of sp³-hybridized carbons (Fsp3) is 0.214. The summed E-state index contributed by atoms with van der Waals surface area (Å²) in [6.07, 6.45) is 0.320. The number of nitro groups is 1. The second-order valence-corrected chi connectivity index (χ2v) is 5.29. The van der Waals surface area contributed by atoms with E-state index < -0.39 is 4.92 Å². The maximum atomic E-state index is 12.4. The number of fused-ring (bicyclic) bond motifs is 1. The lowest BCUT2D eigenvalue weighted by molar-refractivity contribution is -0.384. The Morgan fingerprint density at radius 1 is 1.38 bits per heavy atom. The van der Waals surface area contributed by atoms with Gasteiger partial charge in [0.2, 0.25) is 0 Å². The summed E-state index contributed by atoms with van der Waals surface area (Å²) in [5, 5.41) is 14.6. The molecule has 0 aliphatic carbocycles. The molecule has 6 nitrogen and oxygen atoms in total. The van der Waals surface area contributed by atoms with Crippen LogP contribution in [0.5, 0.6) is 0 Å². The van der Waals surface area contributed by atoms with Gasteiger partial charge in [0.1, 0.15) is 0 Å². The van der Waals surface area contributed by atoms with Gasteiger partial charge in [0.25, 0.3) is 5.56 Å². The molecule has 0 saturated heterocycles. The molecule has 1 aliphatic rings. The minimum absolute atomic E-state index is 0.0656. The molecule has 21 heavy (non-hydrogen) atoms. The predicted octanol–water partition coefficient (Wildman–Crippen LogP) is 2.43. The molecule has 108 valence electrons. The van der Waals surface area contributed by atoms with Crippen molar-refractivity contribution in [3.63, 3.8) is 0 Å². The summed E-state index contributed by atoms with van der Waals surface area (Å²) in [6.45, 7) is 0.967. The summed E-state index contributed by atoms with van der Waals surface area (Å²) < 4.78 is 1.43. The van der Waals surface area contributed by atoms with Crippen LogP contribution in [0.2, 0.25) is 5.02 Å². The highest BCUT2D eigenvalue weighted by atomic mass is 35.5. The van der Waals surface area contributed by atoms with Crippen molar-refractivity contribution in [3.05, 3.63) is 66.9 Å². The van der Waals surface area contributed by atoms with Crippen LogP contribution in [0.1, 0.15) is 11.1 Å². The van der Waals surface area contributed by atoms with Gasteiger partial charge in [-0.3, -0.25) is 19.5 Å². The van der Waals surface area contributed by atoms with E-state index in [4.69, 9.17) is 11.6 Å². The molecular weight excluding hydrogens is 294 g/mol. The van der Waals surface area contributed by atoms with Crippen LogP contribution in [0.3, 0.4) is 0 Å². The van der Waals surface area contributed by atoms with E-state index in [1.807, 2.05) is 6.07 Å². The number of rotatable bonds is 3. The number of hydrogen-bond acceptors (Lipinski definition) is 4. The fourth-order valence-corrected chi connectivity index (χ4v) is 2.74. The number of nitrogens with zero attached hydrogens (tertiary/aromatic N) is 2. The molecule has 0 saturated carbocycles. The minimum atomic E-state index is -0.467. The summed E-state index contributed by atoms with van der Waals surface area (Å²) in [7, 11) is 0. The fourth-order valence-electron chi connectivity index (χ4n) is 2.53.